The summed E-state index contributed by atoms with van der Waals surface area (Å²) < 4.78 is 5.32. The Bertz CT molecular complexity index is 570. The number of nitrogens with zero attached hydrogens (tertiary/aromatic N) is 1. The Morgan fingerprint density at radius 2 is 2.11 bits per heavy atom. The normalized spacial score (nSPS) is 10.0. The van der Waals surface area contributed by atoms with Gasteiger partial charge in [0, 0.05) is 5.69 Å². The summed E-state index contributed by atoms with van der Waals surface area (Å²) in [6.45, 7) is 1.80. The van der Waals surface area contributed by atoms with Gasteiger partial charge in [0.25, 0.3) is 5.91 Å². The van der Waals surface area contributed by atoms with E-state index in [0.717, 1.165) is 5.69 Å². The van der Waals surface area contributed by atoms with E-state index in [1.807, 2.05) is 13.0 Å². The number of hydrogen-bond acceptors (Lipinski definition) is 3. The molecule has 0 aliphatic heterocycles. The number of rotatable bonds is 4. The largest absolute Gasteiger partial charge is 0.482 e. The van der Waals surface area contributed by atoms with Gasteiger partial charge in [-0.3, -0.25) is 9.78 Å². The number of benzene rings is 1. The van der Waals surface area contributed by atoms with E-state index in [0.29, 0.717) is 16.5 Å². The second-order valence-corrected chi connectivity index (χ2v) is 4.36. The molecular formula is C14H13ClN2O2. The van der Waals surface area contributed by atoms with Gasteiger partial charge in [0.1, 0.15) is 5.75 Å². The van der Waals surface area contributed by atoms with Crippen molar-refractivity contribution in [2.75, 3.05) is 11.9 Å². The second-order valence-electron chi connectivity index (χ2n) is 3.95. The lowest BCUT2D eigenvalue weighted by molar-refractivity contribution is -0.118. The molecule has 0 saturated heterocycles. The molecule has 5 heteroatoms. The molecule has 2 rings (SSSR count). The number of carbonyl (C=O) groups is 1. The van der Waals surface area contributed by atoms with Crippen LogP contribution in [-0.2, 0) is 4.79 Å². The summed E-state index contributed by atoms with van der Waals surface area (Å²) in [6, 6.07) is 10.6. The van der Waals surface area contributed by atoms with E-state index in [-0.39, 0.29) is 12.5 Å². The summed E-state index contributed by atoms with van der Waals surface area (Å²) in [7, 11) is 0. The molecule has 0 spiro atoms. The molecule has 0 radical (unpaired) electrons. The van der Waals surface area contributed by atoms with Gasteiger partial charge in [0.15, 0.2) is 6.61 Å². The van der Waals surface area contributed by atoms with Gasteiger partial charge in [-0.2, -0.15) is 0 Å². The number of carbonyl (C=O) groups excluding carboxylic acids is 1. The summed E-state index contributed by atoms with van der Waals surface area (Å²) in [4.78, 5) is 15.8. The van der Waals surface area contributed by atoms with E-state index in [9.17, 15) is 4.79 Å². The van der Waals surface area contributed by atoms with E-state index < -0.39 is 0 Å². The third-order valence-electron chi connectivity index (χ3n) is 2.40. The number of anilines is 1. The van der Waals surface area contributed by atoms with Crippen molar-refractivity contribution in [3.05, 3.63) is 53.3 Å². The fourth-order valence-corrected chi connectivity index (χ4v) is 1.62. The number of aromatic nitrogens is 1. The second kappa shape index (κ2) is 6.20. The summed E-state index contributed by atoms with van der Waals surface area (Å²) >= 11 is 5.94. The number of amides is 1. The molecule has 0 saturated carbocycles. The molecule has 4 nitrogen and oxygen atoms in total. The van der Waals surface area contributed by atoms with Crippen LogP contribution in [0.15, 0.2) is 42.6 Å². The smallest absolute Gasteiger partial charge is 0.262 e. The summed E-state index contributed by atoms with van der Waals surface area (Å²) in [5.74, 6) is 0.286. The van der Waals surface area contributed by atoms with Crippen molar-refractivity contribution in [2.45, 2.75) is 6.92 Å². The zero-order valence-electron chi connectivity index (χ0n) is 10.4. The molecule has 0 bridgehead atoms. The van der Waals surface area contributed by atoms with Crippen LogP contribution < -0.4 is 10.1 Å². The minimum atomic E-state index is -0.270. The van der Waals surface area contributed by atoms with E-state index >= 15 is 0 Å². The first-order valence-electron chi connectivity index (χ1n) is 5.75. The Balaban J connectivity index is 1.88. The van der Waals surface area contributed by atoms with E-state index in [1.54, 1.807) is 36.5 Å². The Kier molecular flexibility index (Phi) is 4.36. The molecule has 1 aromatic carbocycles. The fraction of sp³-hybridized carbons (Fsp3) is 0.143. The van der Waals surface area contributed by atoms with Crippen molar-refractivity contribution in [1.82, 2.24) is 4.98 Å². The van der Waals surface area contributed by atoms with Crippen LogP contribution in [-0.4, -0.2) is 17.5 Å². The summed E-state index contributed by atoms with van der Waals surface area (Å²) in [5.41, 5.74) is 1.47. The average Bonchev–Trinajstić information content (AvgIpc) is 2.41. The maximum Gasteiger partial charge on any atom is 0.262 e. The predicted octanol–water partition coefficient (Wildman–Crippen LogP) is 3.06. The average molecular weight is 277 g/mol. The minimum Gasteiger partial charge on any atom is -0.482 e. The van der Waals surface area contributed by atoms with Crippen LogP contribution in [0.3, 0.4) is 0 Å². The van der Waals surface area contributed by atoms with Crippen LogP contribution >= 0.6 is 11.6 Å². The number of pyridine rings is 1. The topological polar surface area (TPSA) is 51.2 Å². The number of halogens is 1. The Labute approximate surface area is 116 Å². The van der Waals surface area contributed by atoms with E-state index in [2.05, 4.69) is 10.3 Å². The molecule has 0 atom stereocenters. The maximum atomic E-state index is 11.7. The van der Waals surface area contributed by atoms with Crippen molar-refractivity contribution in [3.63, 3.8) is 0 Å². The van der Waals surface area contributed by atoms with Crippen LogP contribution in [0.4, 0.5) is 5.69 Å². The number of para-hydroxylation sites is 1. The van der Waals surface area contributed by atoms with Gasteiger partial charge in [-0.25, -0.2) is 0 Å². The fourth-order valence-electron chi connectivity index (χ4n) is 1.44. The molecule has 1 amide bonds. The highest BCUT2D eigenvalue weighted by molar-refractivity contribution is 6.33. The third kappa shape index (κ3) is 3.96. The third-order valence-corrected chi connectivity index (χ3v) is 2.73. The van der Waals surface area contributed by atoms with E-state index in [1.165, 1.54) is 0 Å². The zero-order valence-corrected chi connectivity index (χ0v) is 11.1. The van der Waals surface area contributed by atoms with Gasteiger partial charge in [-0.1, -0.05) is 23.7 Å². The Hall–Kier alpha value is -2.07. The molecule has 0 aliphatic rings. The first-order chi connectivity index (χ1) is 9.15. The van der Waals surface area contributed by atoms with E-state index in [4.69, 9.17) is 16.3 Å². The van der Waals surface area contributed by atoms with Gasteiger partial charge in [0.2, 0.25) is 0 Å². The first-order valence-corrected chi connectivity index (χ1v) is 6.13. The Morgan fingerprint density at radius 3 is 2.79 bits per heavy atom. The molecule has 1 N–H and O–H groups in total. The molecule has 19 heavy (non-hydrogen) atoms. The standard InChI is InChI=1S/C14H13ClN2O2/c1-10-6-7-11(8-16-10)19-9-14(18)17-13-5-3-2-4-12(13)15/h2-8H,9H2,1H3,(H,17,18). The summed E-state index contributed by atoms with van der Waals surface area (Å²) in [5, 5.41) is 3.17. The molecule has 1 aromatic heterocycles. The first kappa shape index (κ1) is 13.4. The van der Waals surface area contributed by atoms with Crippen LogP contribution in [0.25, 0.3) is 0 Å². The maximum absolute atomic E-state index is 11.7. The predicted molar refractivity (Wildman–Crippen MR) is 74.6 cm³/mol. The molecule has 0 aliphatic carbocycles. The van der Waals surface area contributed by atoms with Gasteiger partial charge < -0.3 is 10.1 Å². The van der Waals surface area contributed by atoms with Gasteiger partial charge in [0.05, 0.1) is 16.9 Å². The zero-order chi connectivity index (χ0) is 13.7. The lowest BCUT2D eigenvalue weighted by Crippen LogP contribution is -2.20. The van der Waals surface area contributed by atoms with Crippen molar-refractivity contribution in [2.24, 2.45) is 0 Å². The van der Waals surface area contributed by atoms with Crippen LogP contribution in [0.1, 0.15) is 5.69 Å². The van der Waals surface area contributed by atoms with Crippen LogP contribution in [0.5, 0.6) is 5.75 Å². The highest BCUT2D eigenvalue weighted by atomic mass is 35.5. The quantitative estimate of drug-likeness (QED) is 0.934. The number of hydrogen-bond donors (Lipinski definition) is 1. The van der Waals surface area contributed by atoms with Gasteiger partial charge in [-0.05, 0) is 31.2 Å². The SMILES string of the molecule is Cc1ccc(OCC(=O)Nc2ccccc2Cl)cn1. The van der Waals surface area contributed by atoms with Crippen molar-refractivity contribution in [1.29, 1.82) is 0 Å². The molecular weight excluding hydrogens is 264 g/mol. The van der Waals surface area contributed by atoms with Gasteiger partial charge in [-0.15, -0.1) is 0 Å². The Morgan fingerprint density at radius 1 is 1.32 bits per heavy atom. The van der Waals surface area contributed by atoms with Crippen molar-refractivity contribution >= 4 is 23.2 Å². The van der Waals surface area contributed by atoms with Crippen LogP contribution in [0, 0.1) is 6.92 Å². The molecule has 1 heterocycles. The minimum absolute atomic E-state index is 0.0873. The highest BCUT2D eigenvalue weighted by Crippen LogP contribution is 2.20. The van der Waals surface area contributed by atoms with Crippen LogP contribution in [0.2, 0.25) is 5.02 Å². The highest BCUT2D eigenvalue weighted by Gasteiger charge is 2.06. The number of aryl methyl sites for hydroxylation is 1. The monoisotopic (exact) mass is 276 g/mol. The molecule has 0 unspecified atom stereocenters. The van der Waals surface area contributed by atoms with Crippen molar-refractivity contribution in [3.8, 4) is 5.75 Å². The van der Waals surface area contributed by atoms with Gasteiger partial charge >= 0.3 is 0 Å². The lowest BCUT2D eigenvalue weighted by atomic mass is 10.3. The molecule has 0 fully saturated rings. The molecule has 98 valence electrons. The number of nitrogens with one attached hydrogen (secondary N) is 1. The lowest BCUT2D eigenvalue weighted by Gasteiger charge is -2.08. The number of ether oxygens (including phenoxy) is 1. The molecule has 2 aromatic rings. The van der Waals surface area contributed by atoms with Crippen molar-refractivity contribution < 1.29 is 9.53 Å². The summed E-state index contributed by atoms with van der Waals surface area (Å²) in [6.07, 6.45) is 1.58.